The maximum Gasteiger partial charge on any atom is 0.317 e. The van der Waals surface area contributed by atoms with Crippen molar-refractivity contribution in [3.8, 4) is 0 Å². The van der Waals surface area contributed by atoms with Crippen LogP contribution >= 0.6 is 11.8 Å². The van der Waals surface area contributed by atoms with E-state index in [0.29, 0.717) is 4.90 Å². The lowest BCUT2D eigenvalue weighted by Gasteiger charge is -2.25. The lowest BCUT2D eigenvalue weighted by atomic mass is 10.1. The monoisotopic (exact) mass is 373 g/mol. The first-order valence-corrected chi connectivity index (χ1v) is 9.43. The molecule has 1 amide bonds. The van der Waals surface area contributed by atoms with E-state index < -0.39 is 12.1 Å². The van der Waals surface area contributed by atoms with E-state index in [4.69, 9.17) is 4.74 Å². The number of anilines is 1. The number of esters is 1. The minimum absolute atomic E-state index is 0.0221. The zero-order valence-electron chi connectivity index (χ0n) is 14.6. The van der Waals surface area contributed by atoms with Crippen LogP contribution in [-0.4, -0.2) is 29.8 Å². The van der Waals surface area contributed by atoms with Crippen LogP contribution in [0.5, 0.6) is 0 Å². The highest BCUT2D eigenvalue weighted by Gasteiger charge is 2.34. The Kier molecular flexibility index (Phi) is 5.61. The van der Waals surface area contributed by atoms with Gasteiger partial charge in [0.2, 0.25) is 0 Å². The lowest BCUT2D eigenvalue weighted by Crippen LogP contribution is -2.43. The zero-order chi connectivity index (χ0) is 18.7. The van der Waals surface area contributed by atoms with Crippen molar-refractivity contribution in [2.24, 2.45) is 0 Å². The van der Waals surface area contributed by atoms with Crippen LogP contribution in [0.4, 0.5) is 10.1 Å². The van der Waals surface area contributed by atoms with E-state index in [1.54, 1.807) is 30.0 Å². The standard InChI is InChI=1S/C20H20FNO3S/c1-13-11-15-7-3-5-9-17(15)22(13)20(24)14(2)25-19(23)12-26-18-10-6-4-8-16(18)21/h3-10,13-14H,11-12H2,1-2H3/t13-,14-/m0/s1. The number of thioether (sulfide) groups is 1. The largest absolute Gasteiger partial charge is 0.452 e. The van der Waals surface area contributed by atoms with Crippen LogP contribution in [0.1, 0.15) is 19.4 Å². The molecule has 0 bridgehead atoms. The Morgan fingerprint density at radius 2 is 1.92 bits per heavy atom. The number of carbonyl (C=O) groups is 2. The smallest absolute Gasteiger partial charge is 0.317 e. The molecule has 0 saturated heterocycles. The van der Waals surface area contributed by atoms with Gasteiger partial charge in [-0.1, -0.05) is 30.3 Å². The Hall–Kier alpha value is -2.34. The molecule has 1 aliphatic heterocycles. The van der Waals surface area contributed by atoms with Gasteiger partial charge >= 0.3 is 5.97 Å². The molecule has 2 atom stereocenters. The number of fused-ring (bicyclic) bond motifs is 1. The molecule has 0 N–H and O–H groups in total. The molecule has 0 spiro atoms. The summed E-state index contributed by atoms with van der Waals surface area (Å²) >= 11 is 1.06. The van der Waals surface area contributed by atoms with Gasteiger partial charge in [-0.3, -0.25) is 9.59 Å². The van der Waals surface area contributed by atoms with Crippen molar-refractivity contribution < 1.29 is 18.7 Å². The van der Waals surface area contributed by atoms with Crippen LogP contribution in [0.25, 0.3) is 0 Å². The quantitative estimate of drug-likeness (QED) is 0.590. The Morgan fingerprint density at radius 3 is 2.69 bits per heavy atom. The Labute approximate surface area is 156 Å². The van der Waals surface area contributed by atoms with Gasteiger partial charge in [0.25, 0.3) is 5.91 Å². The Balaban J connectivity index is 1.59. The van der Waals surface area contributed by atoms with Gasteiger partial charge in [-0.2, -0.15) is 0 Å². The minimum atomic E-state index is -0.891. The molecule has 1 aliphatic rings. The van der Waals surface area contributed by atoms with Crippen molar-refractivity contribution in [2.75, 3.05) is 10.7 Å². The summed E-state index contributed by atoms with van der Waals surface area (Å²) in [6, 6.07) is 14.0. The average Bonchev–Trinajstić information content (AvgIpc) is 2.96. The molecule has 2 aromatic rings. The summed E-state index contributed by atoms with van der Waals surface area (Å²) < 4.78 is 18.9. The highest BCUT2D eigenvalue weighted by molar-refractivity contribution is 8.00. The fourth-order valence-electron chi connectivity index (χ4n) is 3.08. The topological polar surface area (TPSA) is 46.6 Å². The number of benzene rings is 2. The molecule has 3 rings (SSSR count). The van der Waals surface area contributed by atoms with Crippen molar-refractivity contribution in [1.82, 2.24) is 0 Å². The first kappa shape index (κ1) is 18.5. The van der Waals surface area contributed by atoms with Gasteiger partial charge in [-0.15, -0.1) is 11.8 Å². The molecule has 1 heterocycles. The van der Waals surface area contributed by atoms with E-state index in [9.17, 15) is 14.0 Å². The lowest BCUT2D eigenvalue weighted by molar-refractivity contribution is -0.151. The predicted octanol–water partition coefficient (Wildman–Crippen LogP) is 3.83. The number of para-hydroxylation sites is 1. The first-order valence-electron chi connectivity index (χ1n) is 8.45. The van der Waals surface area contributed by atoms with E-state index in [0.717, 1.165) is 29.4 Å². The van der Waals surface area contributed by atoms with Crippen LogP contribution < -0.4 is 4.90 Å². The zero-order valence-corrected chi connectivity index (χ0v) is 15.5. The predicted molar refractivity (Wildman–Crippen MR) is 99.8 cm³/mol. The van der Waals surface area contributed by atoms with Crippen molar-refractivity contribution in [2.45, 2.75) is 37.3 Å². The molecule has 0 aliphatic carbocycles. The van der Waals surface area contributed by atoms with Crippen LogP contribution in [0.3, 0.4) is 0 Å². The number of amides is 1. The van der Waals surface area contributed by atoms with Gasteiger partial charge in [0, 0.05) is 16.6 Å². The fraction of sp³-hybridized carbons (Fsp3) is 0.300. The highest BCUT2D eigenvalue weighted by atomic mass is 32.2. The van der Waals surface area contributed by atoms with Gasteiger partial charge in [0.15, 0.2) is 6.10 Å². The summed E-state index contributed by atoms with van der Waals surface area (Å²) in [5.74, 6) is -1.21. The van der Waals surface area contributed by atoms with Crippen molar-refractivity contribution >= 4 is 29.3 Å². The Bertz CT molecular complexity index is 826. The summed E-state index contributed by atoms with van der Waals surface area (Å²) in [5, 5.41) is 0. The van der Waals surface area contributed by atoms with E-state index in [1.807, 2.05) is 31.2 Å². The molecule has 0 saturated carbocycles. The summed E-state index contributed by atoms with van der Waals surface area (Å²) in [5.41, 5.74) is 1.98. The van der Waals surface area contributed by atoms with Gasteiger partial charge < -0.3 is 9.64 Å². The molecule has 26 heavy (non-hydrogen) atoms. The molecular formula is C20H20FNO3S. The van der Waals surface area contributed by atoms with Gasteiger partial charge in [0.1, 0.15) is 5.82 Å². The van der Waals surface area contributed by atoms with Gasteiger partial charge in [-0.05, 0) is 44.0 Å². The molecule has 4 nitrogen and oxygen atoms in total. The van der Waals surface area contributed by atoms with Crippen LogP contribution in [0.2, 0.25) is 0 Å². The number of hydrogen-bond acceptors (Lipinski definition) is 4. The second kappa shape index (κ2) is 7.91. The number of hydrogen-bond donors (Lipinski definition) is 0. The molecule has 0 fully saturated rings. The summed E-state index contributed by atoms with van der Waals surface area (Å²) in [7, 11) is 0. The molecule has 0 aromatic heterocycles. The van der Waals surface area contributed by atoms with Crippen molar-refractivity contribution in [1.29, 1.82) is 0 Å². The van der Waals surface area contributed by atoms with Crippen molar-refractivity contribution in [3.63, 3.8) is 0 Å². The van der Waals surface area contributed by atoms with Gasteiger partial charge in [-0.25, -0.2) is 4.39 Å². The van der Waals surface area contributed by atoms with E-state index in [-0.39, 0.29) is 23.5 Å². The summed E-state index contributed by atoms with van der Waals surface area (Å²) in [4.78, 5) is 26.9. The van der Waals surface area contributed by atoms with Crippen molar-refractivity contribution in [3.05, 3.63) is 59.9 Å². The fourth-order valence-corrected chi connectivity index (χ4v) is 3.80. The van der Waals surface area contributed by atoms with Gasteiger partial charge in [0.05, 0.1) is 5.75 Å². The second-order valence-corrected chi connectivity index (χ2v) is 7.26. The summed E-state index contributed by atoms with van der Waals surface area (Å²) in [6.07, 6.45) is -0.108. The average molecular weight is 373 g/mol. The van der Waals surface area contributed by atoms with E-state index >= 15 is 0 Å². The van der Waals surface area contributed by atoms with Crippen LogP contribution in [0.15, 0.2) is 53.4 Å². The molecule has 0 radical (unpaired) electrons. The third kappa shape index (κ3) is 3.90. The number of carbonyl (C=O) groups excluding carboxylic acids is 2. The third-order valence-electron chi connectivity index (χ3n) is 4.28. The second-order valence-electron chi connectivity index (χ2n) is 6.24. The number of nitrogens with zero attached hydrogens (tertiary/aromatic N) is 1. The normalized spacial score (nSPS) is 16.9. The number of halogens is 1. The first-order chi connectivity index (χ1) is 12.5. The van der Waals surface area contributed by atoms with Crippen LogP contribution in [-0.2, 0) is 20.7 Å². The van der Waals surface area contributed by atoms with E-state index in [1.165, 1.54) is 6.07 Å². The number of rotatable bonds is 5. The summed E-state index contributed by atoms with van der Waals surface area (Å²) in [6.45, 7) is 3.54. The molecular weight excluding hydrogens is 353 g/mol. The minimum Gasteiger partial charge on any atom is -0.452 e. The van der Waals surface area contributed by atoms with Crippen LogP contribution in [0, 0.1) is 5.82 Å². The Morgan fingerprint density at radius 1 is 1.23 bits per heavy atom. The third-order valence-corrected chi connectivity index (χ3v) is 5.30. The highest BCUT2D eigenvalue weighted by Crippen LogP contribution is 2.32. The maximum atomic E-state index is 13.6. The SMILES string of the molecule is C[C@H](OC(=O)CSc1ccccc1F)C(=O)N1c2ccccc2C[C@@H]1C. The molecule has 6 heteroatoms. The molecule has 0 unspecified atom stereocenters. The molecule has 136 valence electrons. The number of ether oxygens (including phenoxy) is 1. The molecule has 2 aromatic carbocycles. The maximum absolute atomic E-state index is 13.6. The van der Waals surface area contributed by atoms with E-state index in [2.05, 4.69) is 0 Å².